The van der Waals surface area contributed by atoms with Crippen molar-refractivity contribution in [3.05, 3.63) is 56.3 Å². The van der Waals surface area contributed by atoms with Crippen LogP contribution in [0, 0.1) is 10.1 Å². The molecule has 9 heteroatoms. The van der Waals surface area contributed by atoms with Crippen molar-refractivity contribution in [2.75, 3.05) is 0 Å². The van der Waals surface area contributed by atoms with E-state index in [1.165, 1.54) is 23.9 Å². The molecule has 0 unspecified atom stereocenters. The third kappa shape index (κ3) is 3.87. The second-order valence-corrected chi connectivity index (χ2v) is 6.43. The fourth-order valence-electron chi connectivity index (χ4n) is 2.46. The second kappa shape index (κ2) is 7.85. The number of nitrogens with zero attached hydrogens (tertiary/aromatic N) is 6. The van der Waals surface area contributed by atoms with Gasteiger partial charge in [-0.15, -0.1) is 0 Å². The number of nitro benzene ring substituents is 1. The minimum absolute atomic E-state index is 0.0512. The Hall–Kier alpha value is -2.51. The number of imidazole rings is 1. The zero-order chi connectivity index (χ0) is 17.7. The van der Waals surface area contributed by atoms with Gasteiger partial charge in [-0.05, 0) is 24.4 Å². The number of azide groups is 1. The lowest BCUT2D eigenvalue weighted by Crippen LogP contribution is -2.06. The van der Waals surface area contributed by atoms with Crippen LogP contribution in [-0.2, 0) is 13.1 Å². The lowest BCUT2D eigenvalue weighted by molar-refractivity contribution is -0.385. The maximum absolute atomic E-state index is 10.9. The highest BCUT2D eigenvalue weighted by Crippen LogP contribution is 2.35. The minimum atomic E-state index is -0.412. The third-order valence-electron chi connectivity index (χ3n) is 3.43. The highest BCUT2D eigenvalue weighted by Gasteiger charge is 2.20. The van der Waals surface area contributed by atoms with Gasteiger partial charge in [-0.3, -0.25) is 10.1 Å². The van der Waals surface area contributed by atoms with Crippen LogP contribution in [0.15, 0.2) is 39.3 Å². The van der Waals surface area contributed by atoms with E-state index in [1.54, 1.807) is 6.07 Å². The molecule has 8 nitrogen and oxygen atoms in total. The fraction of sp³-hybridized carbons (Fsp3) is 0.400. The molecule has 0 bridgehead atoms. The molecule has 0 amide bonds. The van der Waals surface area contributed by atoms with E-state index in [1.807, 2.05) is 17.6 Å². The summed E-state index contributed by atoms with van der Waals surface area (Å²) < 4.78 is 2.04. The molecule has 0 fully saturated rings. The normalized spacial score (nSPS) is 10.7. The molecule has 0 aliphatic heterocycles. The van der Waals surface area contributed by atoms with Gasteiger partial charge in [-0.25, -0.2) is 4.98 Å². The average molecular weight is 346 g/mol. The van der Waals surface area contributed by atoms with Crippen LogP contribution >= 0.6 is 11.8 Å². The zero-order valence-electron chi connectivity index (χ0n) is 13.7. The van der Waals surface area contributed by atoms with Crippen molar-refractivity contribution in [3.8, 4) is 0 Å². The quantitative estimate of drug-likeness (QED) is 0.233. The third-order valence-corrected chi connectivity index (χ3v) is 4.42. The SMILES string of the molecule is CCn1c(CN=[N+]=[N-])nc(Sc2cccc([N+](=O)[O-])c2)c1C(C)C. The van der Waals surface area contributed by atoms with E-state index in [9.17, 15) is 10.1 Å². The Morgan fingerprint density at radius 3 is 2.83 bits per heavy atom. The van der Waals surface area contributed by atoms with E-state index >= 15 is 0 Å². The molecule has 2 rings (SSSR count). The molecule has 0 saturated carbocycles. The van der Waals surface area contributed by atoms with Crippen molar-refractivity contribution < 1.29 is 4.92 Å². The minimum Gasteiger partial charge on any atom is -0.331 e. The summed E-state index contributed by atoms with van der Waals surface area (Å²) in [5, 5.41) is 15.3. The van der Waals surface area contributed by atoms with Crippen molar-refractivity contribution in [3.63, 3.8) is 0 Å². The summed E-state index contributed by atoms with van der Waals surface area (Å²) in [5.41, 5.74) is 9.64. The first-order valence-electron chi connectivity index (χ1n) is 7.50. The Kier molecular flexibility index (Phi) is 5.83. The Bertz CT molecular complexity index is 795. The maximum Gasteiger partial charge on any atom is 0.270 e. The first kappa shape index (κ1) is 17.8. The van der Waals surface area contributed by atoms with Gasteiger partial charge in [0.1, 0.15) is 10.9 Å². The Morgan fingerprint density at radius 2 is 2.25 bits per heavy atom. The van der Waals surface area contributed by atoms with Gasteiger partial charge >= 0.3 is 0 Å². The molecular formula is C15H18N6O2S. The molecule has 24 heavy (non-hydrogen) atoms. The molecule has 0 saturated heterocycles. The summed E-state index contributed by atoms with van der Waals surface area (Å²) in [6.07, 6.45) is 0. The molecule has 1 heterocycles. The molecule has 0 aliphatic carbocycles. The van der Waals surface area contributed by atoms with Crippen molar-refractivity contribution in [1.29, 1.82) is 0 Å². The smallest absolute Gasteiger partial charge is 0.270 e. The summed E-state index contributed by atoms with van der Waals surface area (Å²) in [6, 6.07) is 6.48. The van der Waals surface area contributed by atoms with E-state index in [0.29, 0.717) is 12.4 Å². The standard InChI is InChI=1S/C15H18N6O2S/c1-4-20-13(9-17-19-16)18-15(14(20)10(2)3)24-12-7-5-6-11(8-12)21(22)23/h5-8,10H,4,9H2,1-3H3. The topological polar surface area (TPSA) is 110 Å². The van der Waals surface area contributed by atoms with Crippen LogP contribution in [0.3, 0.4) is 0 Å². The van der Waals surface area contributed by atoms with Crippen molar-refractivity contribution in [1.82, 2.24) is 9.55 Å². The Balaban J connectivity index is 2.45. The van der Waals surface area contributed by atoms with E-state index < -0.39 is 4.92 Å². The lowest BCUT2D eigenvalue weighted by Gasteiger charge is -2.12. The fourth-order valence-corrected chi connectivity index (χ4v) is 3.61. The van der Waals surface area contributed by atoms with E-state index in [4.69, 9.17) is 5.53 Å². The largest absolute Gasteiger partial charge is 0.331 e. The molecule has 0 spiro atoms. The first-order valence-corrected chi connectivity index (χ1v) is 8.32. The highest BCUT2D eigenvalue weighted by molar-refractivity contribution is 7.99. The number of non-ortho nitro benzene ring substituents is 1. The van der Waals surface area contributed by atoms with E-state index in [2.05, 4.69) is 28.9 Å². The summed E-state index contributed by atoms with van der Waals surface area (Å²) >= 11 is 1.39. The summed E-state index contributed by atoms with van der Waals surface area (Å²) in [4.78, 5) is 18.7. The molecule has 0 aliphatic rings. The van der Waals surface area contributed by atoms with Crippen LogP contribution in [-0.4, -0.2) is 14.5 Å². The number of nitro groups is 1. The predicted molar refractivity (Wildman–Crippen MR) is 92.1 cm³/mol. The number of rotatable bonds is 7. The van der Waals surface area contributed by atoms with Gasteiger partial charge in [-0.1, -0.05) is 36.8 Å². The van der Waals surface area contributed by atoms with Crippen LogP contribution in [0.5, 0.6) is 0 Å². The second-order valence-electron chi connectivity index (χ2n) is 5.36. The highest BCUT2D eigenvalue weighted by atomic mass is 32.2. The number of hydrogen-bond donors (Lipinski definition) is 0. The van der Waals surface area contributed by atoms with Crippen LogP contribution < -0.4 is 0 Å². The Labute approximate surface area is 143 Å². The summed E-state index contributed by atoms with van der Waals surface area (Å²) in [7, 11) is 0. The lowest BCUT2D eigenvalue weighted by atomic mass is 10.1. The Morgan fingerprint density at radius 1 is 1.50 bits per heavy atom. The van der Waals surface area contributed by atoms with Gasteiger partial charge in [0.25, 0.3) is 5.69 Å². The van der Waals surface area contributed by atoms with Crippen molar-refractivity contribution in [2.45, 2.75) is 49.7 Å². The molecule has 0 radical (unpaired) electrons. The molecule has 1 aromatic carbocycles. The number of aromatic nitrogens is 2. The van der Waals surface area contributed by atoms with Gasteiger partial charge in [0.2, 0.25) is 0 Å². The number of benzene rings is 1. The van der Waals surface area contributed by atoms with Crippen LogP contribution in [0.25, 0.3) is 10.4 Å². The monoisotopic (exact) mass is 346 g/mol. The van der Waals surface area contributed by atoms with E-state index in [0.717, 1.165) is 15.6 Å². The summed E-state index contributed by atoms with van der Waals surface area (Å²) in [5.74, 6) is 0.922. The van der Waals surface area contributed by atoms with Gasteiger partial charge in [-0.2, -0.15) is 0 Å². The first-order chi connectivity index (χ1) is 11.5. The van der Waals surface area contributed by atoms with Crippen molar-refractivity contribution in [2.24, 2.45) is 5.11 Å². The molecule has 126 valence electrons. The predicted octanol–water partition coefficient (Wildman–Crippen LogP) is 4.90. The van der Waals surface area contributed by atoms with Crippen LogP contribution in [0.4, 0.5) is 5.69 Å². The average Bonchev–Trinajstić information content (AvgIpc) is 2.90. The summed E-state index contributed by atoms with van der Waals surface area (Å²) in [6.45, 7) is 7.04. The molecule has 0 atom stereocenters. The van der Waals surface area contributed by atoms with Crippen molar-refractivity contribution >= 4 is 17.4 Å². The van der Waals surface area contributed by atoms with Crippen LogP contribution in [0.2, 0.25) is 0 Å². The van der Waals surface area contributed by atoms with Gasteiger partial charge in [0, 0.05) is 28.5 Å². The van der Waals surface area contributed by atoms with Gasteiger partial charge in [0.05, 0.1) is 17.2 Å². The zero-order valence-corrected chi connectivity index (χ0v) is 14.5. The van der Waals surface area contributed by atoms with E-state index in [-0.39, 0.29) is 18.2 Å². The van der Waals surface area contributed by atoms with Gasteiger partial charge < -0.3 is 4.57 Å². The molecule has 2 aromatic rings. The molecule has 1 aromatic heterocycles. The number of hydrogen-bond acceptors (Lipinski definition) is 5. The maximum atomic E-state index is 10.9. The molecule has 0 N–H and O–H groups in total. The molecular weight excluding hydrogens is 328 g/mol. The van der Waals surface area contributed by atoms with Crippen LogP contribution in [0.1, 0.15) is 38.2 Å². The van der Waals surface area contributed by atoms with Gasteiger partial charge in [0.15, 0.2) is 0 Å².